The van der Waals surface area contributed by atoms with Gasteiger partial charge in [0.1, 0.15) is 12.4 Å². The predicted octanol–water partition coefficient (Wildman–Crippen LogP) is 0.554. The lowest BCUT2D eigenvalue weighted by Crippen LogP contribution is -2.32. The largest absolute Gasteiger partial charge is 0.350 e. The number of benzene rings is 1. The van der Waals surface area contributed by atoms with Gasteiger partial charge in [0.2, 0.25) is 15.9 Å². The number of nitrogens with one attached hydrogen (secondary N) is 1. The van der Waals surface area contributed by atoms with E-state index in [1.54, 1.807) is 0 Å². The van der Waals surface area contributed by atoms with Crippen LogP contribution in [0.4, 0.5) is 4.39 Å². The number of sulfonamides is 1. The van der Waals surface area contributed by atoms with Gasteiger partial charge in [0, 0.05) is 32.9 Å². The maximum atomic E-state index is 12.8. The minimum atomic E-state index is -3.70. The highest BCUT2D eigenvalue weighted by Gasteiger charge is 2.18. The molecule has 134 valence electrons. The van der Waals surface area contributed by atoms with Gasteiger partial charge in [-0.1, -0.05) is 12.1 Å². The first-order valence-electron chi connectivity index (χ1n) is 7.34. The molecule has 1 heterocycles. The van der Waals surface area contributed by atoms with E-state index in [9.17, 15) is 22.4 Å². The Kier molecular flexibility index (Phi) is 5.70. The molecule has 9 heteroatoms. The van der Waals surface area contributed by atoms with Crippen LogP contribution in [0.15, 0.2) is 52.3 Å². The highest BCUT2D eigenvalue weighted by molar-refractivity contribution is 7.89. The summed E-state index contributed by atoms with van der Waals surface area (Å²) in [6.45, 7) is -0.152. The van der Waals surface area contributed by atoms with Crippen LogP contribution in [-0.2, 0) is 27.9 Å². The summed E-state index contributed by atoms with van der Waals surface area (Å²) in [5.74, 6) is -0.841. The van der Waals surface area contributed by atoms with E-state index in [-0.39, 0.29) is 23.8 Å². The molecule has 1 aromatic heterocycles. The second-order valence-electron chi connectivity index (χ2n) is 5.52. The van der Waals surface area contributed by atoms with Gasteiger partial charge in [-0.2, -0.15) is 0 Å². The monoisotopic (exact) mass is 367 g/mol. The van der Waals surface area contributed by atoms with E-state index in [0.717, 1.165) is 21.1 Å². The molecule has 0 radical (unpaired) electrons. The summed E-state index contributed by atoms with van der Waals surface area (Å²) in [6, 6.07) is 7.93. The Balaban J connectivity index is 2.10. The van der Waals surface area contributed by atoms with Gasteiger partial charge in [0.05, 0.1) is 4.90 Å². The van der Waals surface area contributed by atoms with Crippen molar-refractivity contribution in [3.05, 3.63) is 64.3 Å². The molecule has 0 aliphatic carbocycles. The number of nitrogens with zero attached hydrogens (tertiary/aromatic N) is 2. The summed E-state index contributed by atoms with van der Waals surface area (Å²) in [6.07, 6.45) is 1.13. The molecular weight excluding hydrogens is 349 g/mol. The molecule has 25 heavy (non-hydrogen) atoms. The summed E-state index contributed by atoms with van der Waals surface area (Å²) in [5.41, 5.74) is 0.209. The van der Waals surface area contributed by atoms with Crippen LogP contribution in [0.2, 0.25) is 0 Å². The van der Waals surface area contributed by atoms with Crippen molar-refractivity contribution in [1.82, 2.24) is 14.2 Å². The molecule has 1 N–H and O–H groups in total. The number of rotatable bonds is 6. The third-order valence-corrected chi connectivity index (χ3v) is 5.25. The molecule has 0 aliphatic heterocycles. The fourth-order valence-electron chi connectivity index (χ4n) is 2.01. The normalized spacial score (nSPS) is 11.5. The molecular formula is C16H18FN3O4S. The molecule has 7 nitrogen and oxygen atoms in total. The SMILES string of the molecule is CN(C)S(=O)(=O)c1ccc(=O)n(CC(=O)NCc2ccc(F)cc2)c1. The summed E-state index contributed by atoms with van der Waals surface area (Å²) in [5, 5.41) is 2.59. The van der Waals surface area contributed by atoms with E-state index in [4.69, 9.17) is 0 Å². The van der Waals surface area contributed by atoms with Crippen LogP contribution in [0.25, 0.3) is 0 Å². The number of halogens is 1. The topological polar surface area (TPSA) is 88.5 Å². The maximum absolute atomic E-state index is 12.8. The van der Waals surface area contributed by atoms with E-state index in [1.807, 2.05) is 0 Å². The molecule has 2 aromatic rings. The van der Waals surface area contributed by atoms with Crippen LogP contribution in [0.5, 0.6) is 0 Å². The molecule has 0 aliphatic rings. The second kappa shape index (κ2) is 7.58. The number of carbonyl (C=O) groups is 1. The van der Waals surface area contributed by atoms with Gasteiger partial charge >= 0.3 is 0 Å². The van der Waals surface area contributed by atoms with Crippen LogP contribution in [0.1, 0.15) is 5.56 Å². The Bertz CT molecular complexity index is 921. The van der Waals surface area contributed by atoms with Gasteiger partial charge in [-0.15, -0.1) is 0 Å². The first kappa shape index (κ1) is 18.8. The highest BCUT2D eigenvalue weighted by atomic mass is 32.2. The summed E-state index contributed by atoms with van der Waals surface area (Å²) in [7, 11) is -0.955. The Morgan fingerprint density at radius 3 is 2.40 bits per heavy atom. The molecule has 1 aromatic carbocycles. The Morgan fingerprint density at radius 1 is 1.16 bits per heavy atom. The zero-order chi connectivity index (χ0) is 18.6. The van der Waals surface area contributed by atoms with Crippen LogP contribution in [-0.4, -0.2) is 37.3 Å². The zero-order valence-corrected chi connectivity index (χ0v) is 14.6. The van der Waals surface area contributed by atoms with Gasteiger partial charge in [-0.3, -0.25) is 9.59 Å². The Labute approximate surface area is 144 Å². The molecule has 0 fully saturated rings. The van der Waals surface area contributed by atoms with Crippen LogP contribution in [0.3, 0.4) is 0 Å². The van der Waals surface area contributed by atoms with E-state index in [1.165, 1.54) is 44.4 Å². The summed E-state index contributed by atoms with van der Waals surface area (Å²) in [4.78, 5) is 23.8. The van der Waals surface area contributed by atoms with E-state index in [0.29, 0.717) is 5.56 Å². The number of aromatic nitrogens is 1. The molecule has 0 spiro atoms. The van der Waals surface area contributed by atoms with Crippen molar-refractivity contribution in [3.8, 4) is 0 Å². The molecule has 0 saturated heterocycles. The quantitative estimate of drug-likeness (QED) is 0.808. The number of carbonyl (C=O) groups excluding carboxylic acids is 1. The van der Waals surface area contributed by atoms with Crippen molar-refractivity contribution < 1.29 is 17.6 Å². The lowest BCUT2D eigenvalue weighted by Gasteiger charge is -2.13. The highest BCUT2D eigenvalue weighted by Crippen LogP contribution is 2.10. The summed E-state index contributed by atoms with van der Waals surface area (Å²) >= 11 is 0. The third-order valence-electron chi connectivity index (χ3n) is 3.45. The minimum Gasteiger partial charge on any atom is -0.350 e. The molecule has 0 unspecified atom stereocenters. The number of hydrogen-bond donors (Lipinski definition) is 1. The lowest BCUT2D eigenvalue weighted by molar-refractivity contribution is -0.121. The molecule has 0 saturated carbocycles. The first-order valence-corrected chi connectivity index (χ1v) is 8.78. The first-order chi connectivity index (χ1) is 11.7. The van der Waals surface area contributed by atoms with Crippen molar-refractivity contribution in [1.29, 1.82) is 0 Å². The van der Waals surface area contributed by atoms with E-state index < -0.39 is 21.5 Å². The predicted molar refractivity (Wildman–Crippen MR) is 89.8 cm³/mol. The van der Waals surface area contributed by atoms with Gasteiger partial charge in [-0.25, -0.2) is 17.1 Å². The van der Waals surface area contributed by atoms with E-state index >= 15 is 0 Å². The molecule has 2 rings (SSSR count). The minimum absolute atomic E-state index is 0.0802. The van der Waals surface area contributed by atoms with Gasteiger partial charge in [-0.05, 0) is 23.8 Å². The standard InChI is InChI=1S/C16H18FN3O4S/c1-19(2)25(23,24)14-7-8-16(22)20(10-14)11-15(21)18-9-12-3-5-13(17)6-4-12/h3-8,10H,9,11H2,1-2H3,(H,18,21). The van der Waals surface area contributed by atoms with E-state index in [2.05, 4.69) is 5.32 Å². The Morgan fingerprint density at radius 2 is 1.80 bits per heavy atom. The fourth-order valence-corrected chi connectivity index (χ4v) is 2.93. The second-order valence-corrected chi connectivity index (χ2v) is 7.67. The number of amides is 1. The van der Waals surface area contributed by atoms with Crippen LogP contribution >= 0.6 is 0 Å². The third kappa shape index (κ3) is 4.74. The lowest BCUT2D eigenvalue weighted by atomic mass is 10.2. The fraction of sp³-hybridized carbons (Fsp3) is 0.250. The average molecular weight is 367 g/mol. The molecule has 0 bridgehead atoms. The Hall–Kier alpha value is -2.52. The van der Waals surface area contributed by atoms with Crippen molar-refractivity contribution >= 4 is 15.9 Å². The van der Waals surface area contributed by atoms with Crippen LogP contribution in [0, 0.1) is 5.82 Å². The molecule has 1 amide bonds. The smallest absolute Gasteiger partial charge is 0.251 e. The number of pyridine rings is 1. The number of hydrogen-bond acceptors (Lipinski definition) is 4. The zero-order valence-electron chi connectivity index (χ0n) is 13.8. The van der Waals surface area contributed by atoms with Crippen LogP contribution < -0.4 is 10.9 Å². The van der Waals surface area contributed by atoms with Crippen molar-refractivity contribution in [2.45, 2.75) is 18.0 Å². The van der Waals surface area contributed by atoms with Gasteiger partial charge in [0.25, 0.3) is 5.56 Å². The summed E-state index contributed by atoms with van der Waals surface area (Å²) < 4.78 is 39.1. The van der Waals surface area contributed by atoms with Crippen molar-refractivity contribution in [3.63, 3.8) is 0 Å². The van der Waals surface area contributed by atoms with Gasteiger partial charge < -0.3 is 9.88 Å². The maximum Gasteiger partial charge on any atom is 0.251 e. The van der Waals surface area contributed by atoms with Crippen molar-refractivity contribution in [2.75, 3.05) is 14.1 Å². The molecule has 0 atom stereocenters. The van der Waals surface area contributed by atoms with Crippen molar-refractivity contribution in [2.24, 2.45) is 0 Å². The van der Waals surface area contributed by atoms with Gasteiger partial charge in [0.15, 0.2) is 0 Å². The average Bonchev–Trinajstić information content (AvgIpc) is 2.56.